The van der Waals surface area contributed by atoms with Crippen LogP contribution in [0, 0.1) is 13.8 Å². The summed E-state index contributed by atoms with van der Waals surface area (Å²) in [5.74, 6) is 2.53. The smallest absolute Gasteiger partial charge is 0.191 e. The molecule has 0 atom stereocenters. The first kappa shape index (κ1) is 15.0. The van der Waals surface area contributed by atoms with Gasteiger partial charge in [-0.15, -0.1) is 10.2 Å². The Balaban J connectivity index is 1.90. The van der Waals surface area contributed by atoms with Gasteiger partial charge in [-0.1, -0.05) is 24.3 Å². The minimum atomic E-state index is 0.588. The summed E-state index contributed by atoms with van der Waals surface area (Å²) in [6, 6.07) is 8.31. The van der Waals surface area contributed by atoms with Gasteiger partial charge in [-0.25, -0.2) is 0 Å². The number of nitrogens with one attached hydrogen (secondary N) is 2. The first-order chi connectivity index (χ1) is 10.1. The molecule has 0 unspecified atom stereocenters. The van der Waals surface area contributed by atoms with Crippen molar-refractivity contribution in [1.29, 1.82) is 0 Å². The Labute approximate surface area is 125 Å². The molecule has 0 radical (unpaired) electrons. The van der Waals surface area contributed by atoms with Crippen LogP contribution >= 0.6 is 0 Å². The van der Waals surface area contributed by atoms with E-state index in [1.165, 1.54) is 11.1 Å². The average Bonchev–Trinajstić information content (AvgIpc) is 2.81. The lowest BCUT2D eigenvalue weighted by Gasteiger charge is -2.12. The average molecular weight is 286 g/mol. The van der Waals surface area contributed by atoms with Gasteiger partial charge in [-0.05, 0) is 25.0 Å². The summed E-state index contributed by atoms with van der Waals surface area (Å²) in [4.78, 5) is 4.22. The zero-order valence-corrected chi connectivity index (χ0v) is 13.0. The van der Waals surface area contributed by atoms with E-state index in [0.717, 1.165) is 24.2 Å². The molecule has 21 heavy (non-hydrogen) atoms. The summed E-state index contributed by atoms with van der Waals surface area (Å²) in [5, 5.41) is 14.7. The fourth-order valence-corrected chi connectivity index (χ4v) is 1.98. The lowest BCUT2D eigenvalue weighted by atomic mass is 10.1. The Kier molecular flexibility index (Phi) is 4.92. The molecule has 6 nitrogen and oxygen atoms in total. The van der Waals surface area contributed by atoms with Crippen LogP contribution in [-0.2, 0) is 20.1 Å². The van der Waals surface area contributed by atoms with E-state index in [1.54, 1.807) is 7.05 Å². The Bertz CT molecular complexity index is 629. The Morgan fingerprint density at radius 1 is 1.14 bits per heavy atom. The van der Waals surface area contributed by atoms with Gasteiger partial charge in [0.1, 0.15) is 5.82 Å². The molecule has 0 saturated heterocycles. The summed E-state index contributed by atoms with van der Waals surface area (Å²) >= 11 is 0. The molecular formula is C15H22N6. The van der Waals surface area contributed by atoms with E-state index in [9.17, 15) is 0 Å². The highest BCUT2D eigenvalue weighted by Crippen LogP contribution is 2.05. The number of nitrogens with zero attached hydrogens (tertiary/aromatic N) is 4. The zero-order valence-electron chi connectivity index (χ0n) is 13.0. The lowest BCUT2D eigenvalue weighted by molar-refractivity contribution is 0.717. The van der Waals surface area contributed by atoms with Crippen LogP contribution in [0.15, 0.2) is 29.3 Å². The van der Waals surface area contributed by atoms with Crippen LogP contribution in [0.1, 0.15) is 22.8 Å². The highest BCUT2D eigenvalue weighted by molar-refractivity contribution is 5.79. The molecule has 0 amide bonds. The highest BCUT2D eigenvalue weighted by Gasteiger charge is 2.06. The number of guanidine groups is 1. The molecule has 1 aromatic heterocycles. The Morgan fingerprint density at radius 3 is 2.48 bits per heavy atom. The maximum absolute atomic E-state index is 4.22. The van der Waals surface area contributed by atoms with Gasteiger partial charge in [-0.3, -0.25) is 4.99 Å². The molecule has 1 aromatic carbocycles. The summed E-state index contributed by atoms with van der Waals surface area (Å²) in [7, 11) is 3.71. The number of aryl methyl sites for hydroxylation is 2. The second kappa shape index (κ2) is 6.88. The molecule has 0 fully saturated rings. The largest absolute Gasteiger partial charge is 0.352 e. The molecule has 0 aliphatic carbocycles. The number of rotatable bonds is 4. The van der Waals surface area contributed by atoms with Crippen LogP contribution in [-0.4, -0.2) is 27.8 Å². The summed E-state index contributed by atoms with van der Waals surface area (Å²) < 4.78 is 1.96. The monoisotopic (exact) mass is 286 g/mol. The van der Waals surface area contributed by atoms with Gasteiger partial charge in [0.05, 0.1) is 6.54 Å². The minimum Gasteiger partial charge on any atom is -0.352 e. The number of aliphatic imine (C=N–C) groups is 1. The van der Waals surface area contributed by atoms with Gasteiger partial charge < -0.3 is 15.2 Å². The van der Waals surface area contributed by atoms with E-state index in [2.05, 4.69) is 44.9 Å². The van der Waals surface area contributed by atoms with Crippen molar-refractivity contribution in [3.05, 3.63) is 47.0 Å². The van der Waals surface area contributed by atoms with Crippen molar-refractivity contribution < 1.29 is 0 Å². The van der Waals surface area contributed by atoms with E-state index in [4.69, 9.17) is 0 Å². The van der Waals surface area contributed by atoms with E-state index >= 15 is 0 Å². The fraction of sp³-hybridized carbons (Fsp3) is 0.400. The van der Waals surface area contributed by atoms with E-state index in [-0.39, 0.29) is 0 Å². The zero-order chi connectivity index (χ0) is 15.2. The number of benzene rings is 1. The van der Waals surface area contributed by atoms with Crippen molar-refractivity contribution in [2.45, 2.75) is 26.9 Å². The number of hydrogen-bond donors (Lipinski definition) is 2. The third kappa shape index (κ3) is 3.81. The quantitative estimate of drug-likeness (QED) is 0.656. The predicted octanol–water partition coefficient (Wildman–Crippen LogP) is 1.30. The maximum Gasteiger partial charge on any atom is 0.191 e. The predicted molar refractivity (Wildman–Crippen MR) is 84.0 cm³/mol. The van der Waals surface area contributed by atoms with Gasteiger partial charge in [0, 0.05) is 20.6 Å². The third-order valence-electron chi connectivity index (χ3n) is 3.53. The molecular weight excluding hydrogens is 264 g/mol. The summed E-state index contributed by atoms with van der Waals surface area (Å²) in [6.07, 6.45) is 0. The SMILES string of the molecule is CN=C(NCc1ccccc1C)NCc1nnc(C)n1C. The van der Waals surface area contributed by atoms with Crippen LogP contribution in [0.3, 0.4) is 0 Å². The molecule has 2 N–H and O–H groups in total. The summed E-state index contributed by atoms with van der Waals surface area (Å²) in [5.41, 5.74) is 2.53. The summed E-state index contributed by atoms with van der Waals surface area (Å²) in [6.45, 7) is 5.37. The second-order valence-electron chi connectivity index (χ2n) is 4.93. The molecule has 2 aromatic rings. The molecule has 0 bridgehead atoms. The van der Waals surface area contributed by atoms with Crippen LogP contribution < -0.4 is 10.6 Å². The first-order valence-corrected chi connectivity index (χ1v) is 6.95. The van der Waals surface area contributed by atoms with Crippen LogP contribution in [0.2, 0.25) is 0 Å². The maximum atomic E-state index is 4.22. The molecule has 6 heteroatoms. The molecule has 112 valence electrons. The topological polar surface area (TPSA) is 67.1 Å². The third-order valence-corrected chi connectivity index (χ3v) is 3.53. The van der Waals surface area contributed by atoms with Gasteiger partial charge in [0.25, 0.3) is 0 Å². The van der Waals surface area contributed by atoms with Gasteiger partial charge >= 0.3 is 0 Å². The van der Waals surface area contributed by atoms with Crippen molar-refractivity contribution in [3.8, 4) is 0 Å². The molecule has 0 spiro atoms. The standard InChI is InChI=1S/C15H22N6/c1-11-7-5-6-8-13(11)9-17-15(16-3)18-10-14-20-19-12(2)21(14)4/h5-8H,9-10H2,1-4H3,(H2,16,17,18). The van der Waals surface area contributed by atoms with E-state index in [1.807, 2.05) is 30.7 Å². The molecule has 1 heterocycles. The van der Waals surface area contributed by atoms with Crippen molar-refractivity contribution in [1.82, 2.24) is 25.4 Å². The van der Waals surface area contributed by atoms with Crippen LogP contribution in [0.25, 0.3) is 0 Å². The Hall–Kier alpha value is -2.37. The molecule has 2 rings (SSSR count). The van der Waals surface area contributed by atoms with Crippen molar-refractivity contribution in [2.75, 3.05) is 7.05 Å². The number of hydrogen-bond acceptors (Lipinski definition) is 3. The fourth-order valence-electron chi connectivity index (χ4n) is 1.98. The van der Waals surface area contributed by atoms with Gasteiger partial charge in [0.15, 0.2) is 11.8 Å². The lowest BCUT2D eigenvalue weighted by Crippen LogP contribution is -2.37. The normalized spacial score (nSPS) is 11.5. The van der Waals surface area contributed by atoms with E-state index in [0.29, 0.717) is 6.54 Å². The highest BCUT2D eigenvalue weighted by atomic mass is 15.3. The molecule has 0 saturated carbocycles. The number of aromatic nitrogens is 3. The first-order valence-electron chi connectivity index (χ1n) is 6.95. The van der Waals surface area contributed by atoms with Crippen molar-refractivity contribution in [3.63, 3.8) is 0 Å². The van der Waals surface area contributed by atoms with Crippen molar-refractivity contribution >= 4 is 5.96 Å². The van der Waals surface area contributed by atoms with Crippen molar-refractivity contribution in [2.24, 2.45) is 12.0 Å². The second-order valence-corrected chi connectivity index (χ2v) is 4.93. The molecule has 0 aliphatic heterocycles. The van der Waals surface area contributed by atoms with Gasteiger partial charge in [0.2, 0.25) is 0 Å². The minimum absolute atomic E-state index is 0.588. The van der Waals surface area contributed by atoms with Gasteiger partial charge in [-0.2, -0.15) is 0 Å². The molecule has 0 aliphatic rings. The van der Waals surface area contributed by atoms with Crippen LogP contribution in [0.4, 0.5) is 0 Å². The van der Waals surface area contributed by atoms with Crippen LogP contribution in [0.5, 0.6) is 0 Å². The van der Waals surface area contributed by atoms with E-state index < -0.39 is 0 Å². The Morgan fingerprint density at radius 2 is 1.86 bits per heavy atom.